The molecule has 0 aliphatic carbocycles. The van der Waals surface area contributed by atoms with Crippen molar-refractivity contribution in [3.63, 3.8) is 0 Å². The number of benzene rings is 2. The standard InChI is InChI=1S/C21H21FN2O3S/c1-21(2,3)14-10-8-13(9-11-14)19(26)23-20-24(12-17(25)27-4)18-15(22)6-5-7-16(18)28-20/h5-11H,12H2,1-4H3. The SMILES string of the molecule is COC(=O)Cn1c(=NC(=O)c2ccc(C(C)(C)C)cc2)sc2cccc(F)c21. The number of esters is 1. The van der Waals surface area contributed by atoms with Crippen LogP contribution in [0.3, 0.4) is 0 Å². The minimum Gasteiger partial charge on any atom is -0.468 e. The van der Waals surface area contributed by atoms with Crippen molar-refractivity contribution in [3.05, 3.63) is 64.2 Å². The maximum Gasteiger partial charge on any atom is 0.325 e. The lowest BCUT2D eigenvalue weighted by molar-refractivity contribution is -0.141. The fraction of sp³-hybridized carbons (Fsp3) is 0.286. The maximum atomic E-state index is 14.3. The van der Waals surface area contributed by atoms with E-state index in [1.807, 2.05) is 12.1 Å². The van der Waals surface area contributed by atoms with Crippen molar-refractivity contribution in [3.8, 4) is 0 Å². The summed E-state index contributed by atoms with van der Waals surface area (Å²) in [7, 11) is 1.26. The van der Waals surface area contributed by atoms with Crippen LogP contribution in [0.2, 0.25) is 0 Å². The molecule has 0 atom stereocenters. The van der Waals surface area contributed by atoms with Gasteiger partial charge in [-0.3, -0.25) is 9.59 Å². The number of methoxy groups -OCH3 is 1. The second-order valence-electron chi connectivity index (χ2n) is 7.38. The lowest BCUT2D eigenvalue weighted by atomic mass is 9.87. The van der Waals surface area contributed by atoms with Gasteiger partial charge in [0.2, 0.25) is 0 Å². The normalized spacial score (nSPS) is 12.4. The first-order valence-corrected chi connectivity index (χ1v) is 9.56. The zero-order valence-corrected chi connectivity index (χ0v) is 17.0. The van der Waals surface area contributed by atoms with Gasteiger partial charge in [-0.2, -0.15) is 4.99 Å². The van der Waals surface area contributed by atoms with E-state index in [9.17, 15) is 14.0 Å². The lowest BCUT2D eigenvalue weighted by Gasteiger charge is -2.18. The fourth-order valence-corrected chi connectivity index (χ4v) is 3.82. The number of aromatic nitrogens is 1. The van der Waals surface area contributed by atoms with Gasteiger partial charge in [0.05, 0.1) is 17.3 Å². The van der Waals surface area contributed by atoms with Crippen molar-refractivity contribution in [1.29, 1.82) is 0 Å². The number of halogens is 1. The fourth-order valence-electron chi connectivity index (χ4n) is 2.78. The van der Waals surface area contributed by atoms with Gasteiger partial charge in [-0.1, -0.05) is 50.3 Å². The number of nitrogens with zero attached hydrogens (tertiary/aromatic N) is 2. The highest BCUT2D eigenvalue weighted by atomic mass is 32.1. The van der Waals surface area contributed by atoms with Gasteiger partial charge in [0, 0.05) is 5.56 Å². The minimum absolute atomic E-state index is 0.0226. The number of carbonyl (C=O) groups excluding carboxylic acids is 2. The number of hydrogen-bond donors (Lipinski definition) is 0. The molecular weight excluding hydrogens is 379 g/mol. The molecule has 0 bridgehead atoms. The van der Waals surface area contributed by atoms with Crippen molar-refractivity contribution in [2.75, 3.05) is 7.11 Å². The van der Waals surface area contributed by atoms with Crippen LogP contribution in [-0.2, 0) is 21.5 Å². The predicted molar refractivity (Wildman–Crippen MR) is 107 cm³/mol. The first-order valence-electron chi connectivity index (χ1n) is 8.75. The van der Waals surface area contributed by atoms with E-state index in [2.05, 4.69) is 25.8 Å². The van der Waals surface area contributed by atoms with Crippen LogP contribution < -0.4 is 4.80 Å². The molecule has 3 aromatic rings. The minimum atomic E-state index is -0.550. The lowest BCUT2D eigenvalue weighted by Crippen LogP contribution is -2.23. The summed E-state index contributed by atoms with van der Waals surface area (Å²) in [6, 6.07) is 11.9. The van der Waals surface area contributed by atoms with Gasteiger partial charge < -0.3 is 9.30 Å². The summed E-state index contributed by atoms with van der Waals surface area (Å²) < 4.78 is 21.0. The number of rotatable bonds is 3. The number of hydrogen-bond acceptors (Lipinski definition) is 4. The van der Waals surface area contributed by atoms with E-state index >= 15 is 0 Å². The molecule has 0 fully saturated rings. The third-order valence-electron chi connectivity index (χ3n) is 4.36. The number of ether oxygens (including phenoxy) is 1. The second kappa shape index (κ2) is 7.67. The van der Waals surface area contributed by atoms with Gasteiger partial charge >= 0.3 is 5.97 Å². The zero-order chi connectivity index (χ0) is 20.5. The second-order valence-corrected chi connectivity index (χ2v) is 8.39. The van der Waals surface area contributed by atoms with Crippen molar-refractivity contribution < 1.29 is 18.7 Å². The summed E-state index contributed by atoms with van der Waals surface area (Å²) in [6.45, 7) is 6.05. The molecule has 146 valence electrons. The number of fused-ring (bicyclic) bond motifs is 1. The Morgan fingerprint density at radius 2 is 1.82 bits per heavy atom. The molecule has 28 heavy (non-hydrogen) atoms. The Balaban J connectivity index is 2.08. The molecule has 0 radical (unpaired) electrons. The number of carbonyl (C=O) groups is 2. The highest BCUT2D eigenvalue weighted by molar-refractivity contribution is 7.16. The third kappa shape index (κ3) is 4.04. The Bertz CT molecular complexity index is 1110. The topological polar surface area (TPSA) is 60.7 Å². The highest BCUT2D eigenvalue weighted by Gasteiger charge is 2.16. The highest BCUT2D eigenvalue weighted by Crippen LogP contribution is 2.23. The van der Waals surface area contributed by atoms with Crippen molar-refractivity contribution in [1.82, 2.24) is 4.57 Å². The molecule has 1 aromatic heterocycles. The van der Waals surface area contributed by atoms with Gasteiger partial charge in [-0.05, 0) is 35.2 Å². The third-order valence-corrected chi connectivity index (χ3v) is 5.41. The van der Waals surface area contributed by atoms with Crippen LogP contribution in [0, 0.1) is 5.82 Å². The van der Waals surface area contributed by atoms with E-state index in [0.717, 1.165) is 16.9 Å². The molecule has 5 nitrogen and oxygen atoms in total. The Kier molecular flexibility index (Phi) is 5.47. The average molecular weight is 400 g/mol. The Hall–Kier alpha value is -2.80. The van der Waals surface area contributed by atoms with Gasteiger partial charge in [0.25, 0.3) is 5.91 Å². The maximum absolute atomic E-state index is 14.3. The van der Waals surface area contributed by atoms with E-state index in [0.29, 0.717) is 10.3 Å². The molecule has 1 heterocycles. The summed E-state index contributed by atoms with van der Waals surface area (Å²) in [5, 5.41) is 0. The molecule has 0 saturated heterocycles. The molecule has 1 amide bonds. The summed E-state index contributed by atoms with van der Waals surface area (Å²) in [6.07, 6.45) is 0. The molecule has 2 aromatic carbocycles. The molecule has 0 spiro atoms. The summed E-state index contributed by atoms with van der Waals surface area (Å²) in [5.41, 5.74) is 1.74. The molecular formula is C21H21FN2O3S. The van der Waals surface area contributed by atoms with Gasteiger partial charge in [-0.15, -0.1) is 0 Å². The van der Waals surface area contributed by atoms with Crippen LogP contribution in [0.15, 0.2) is 47.5 Å². The Morgan fingerprint density at radius 1 is 1.14 bits per heavy atom. The predicted octanol–water partition coefficient (Wildman–Crippen LogP) is 4.05. The van der Waals surface area contributed by atoms with E-state index in [-0.39, 0.29) is 22.3 Å². The zero-order valence-electron chi connectivity index (χ0n) is 16.2. The first kappa shape index (κ1) is 19.9. The Labute approximate surface area is 166 Å². The van der Waals surface area contributed by atoms with E-state index in [1.54, 1.807) is 24.3 Å². The van der Waals surface area contributed by atoms with Crippen molar-refractivity contribution in [2.24, 2.45) is 4.99 Å². The van der Waals surface area contributed by atoms with Crippen LogP contribution in [0.25, 0.3) is 10.2 Å². The number of thiazole rings is 1. The van der Waals surface area contributed by atoms with E-state index in [1.165, 1.54) is 17.7 Å². The molecule has 0 unspecified atom stereocenters. The Morgan fingerprint density at radius 3 is 2.43 bits per heavy atom. The van der Waals surface area contributed by atoms with Crippen LogP contribution in [0.5, 0.6) is 0 Å². The molecule has 0 saturated carbocycles. The summed E-state index contributed by atoms with van der Waals surface area (Å²) in [4.78, 5) is 28.8. The number of amides is 1. The summed E-state index contributed by atoms with van der Waals surface area (Å²) >= 11 is 1.15. The molecule has 0 N–H and O–H groups in total. The van der Waals surface area contributed by atoms with Crippen molar-refractivity contribution in [2.45, 2.75) is 32.7 Å². The van der Waals surface area contributed by atoms with E-state index < -0.39 is 17.7 Å². The average Bonchev–Trinajstić information content (AvgIpc) is 2.99. The van der Waals surface area contributed by atoms with Crippen molar-refractivity contribution >= 4 is 33.4 Å². The number of para-hydroxylation sites is 1. The monoisotopic (exact) mass is 400 g/mol. The van der Waals surface area contributed by atoms with Crippen LogP contribution in [-0.4, -0.2) is 23.6 Å². The van der Waals surface area contributed by atoms with Gasteiger partial charge in [0.1, 0.15) is 12.4 Å². The quantitative estimate of drug-likeness (QED) is 0.623. The van der Waals surface area contributed by atoms with Gasteiger partial charge in [-0.25, -0.2) is 4.39 Å². The van der Waals surface area contributed by atoms with Gasteiger partial charge in [0.15, 0.2) is 4.80 Å². The van der Waals surface area contributed by atoms with E-state index in [4.69, 9.17) is 4.74 Å². The summed E-state index contributed by atoms with van der Waals surface area (Å²) in [5.74, 6) is -1.49. The van der Waals surface area contributed by atoms with Crippen LogP contribution >= 0.6 is 11.3 Å². The molecule has 0 aliphatic heterocycles. The molecule has 7 heteroatoms. The largest absolute Gasteiger partial charge is 0.468 e. The first-order chi connectivity index (χ1) is 13.2. The molecule has 3 rings (SSSR count). The van der Waals surface area contributed by atoms with Crippen LogP contribution in [0.1, 0.15) is 36.7 Å². The smallest absolute Gasteiger partial charge is 0.325 e. The van der Waals surface area contributed by atoms with Crippen LogP contribution in [0.4, 0.5) is 4.39 Å². The molecule has 0 aliphatic rings.